The number of aryl methyl sites for hydroxylation is 1. The number of aromatic amines is 1. The molecule has 1 aromatic carbocycles. The molecule has 0 unspecified atom stereocenters. The Morgan fingerprint density at radius 3 is 2.94 bits per heavy atom. The van der Waals surface area contributed by atoms with Crippen LogP contribution in [0.15, 0.2) is 24.3 Å². The van der Waals surface area contributed by atoms with Gasteiger partial charge >= 0.3 is 0 Å². The zero-order valence-electron chi connectivity index (χ0n) is 10.1. The summed E-state index contributed by atoms with van der Waals surface area (Å²) in [6.45, 7) is 2.84. The third kappa shape index (κ3) is 2.51. The van der Waals surface area contributed by atoms with Gasteiger partial charge in [-0.05, 0) is 24.6 Å². The van der Waals surface area contributed by atoms with Crippen LogP contribution in [0.1, 0.15) is 16.1 Å². The van der Waals surface area contributed by atoms with Crippen LogP contribution in [-0.4, -0.2) is 30.4 Å². The average molecular weight is 245 g/mol. The van der Waals surface area contributed by atoms with Crippen molar-refractivity contribution in [3.63, 3.8) is 0 Å². The predicted octanol–water partition coefficient (Wildman–Crippen LogP) is 0.952. The van der Waals surface area contributed by atoms with E-state index < -0.39 is 0 Å². The quantitative estimate of drug-likeness (QED) is 0.542. The number of fused-ring (bicyclic) bond motifs is 1. The van der Waals surface area contributed by atoms with Gasteiger partial charge in [-0.1, -0.05) is 12.1 Å². The maximum Gasteiger partial charge on any atom is 0.267 e. The number of carbonyl (C=O) groups is 2. The molecule has 2 aromatic rings. The molecule has 0 bridgehead atoms. The zero-order chi connectivity index (χ0) is 13.0. The summed E-state index contributed by atoms with van der Waals surface area (Å²) in [5.41, 5.74) is 2.61. The van der Waals surface area contributed by atoms with Crippen LogP contribution in [0.25, 0.3) is 10.9 Å². The van der Waals surface area contributed by atoms with Crippen molar-refractivity contribution in [1.29, 1.82) is 0 Å². The van der Waals surface area contributed by atoms with Crippen molar-refractivity contribution in [1.82, 2.24) is 15.6 Å². The van der Waals surface area contributed by atoms with Gasteiger partial charge in [0.15, 0.2) is 0 Å². The van der Waals surface area contributed by atoms with Crippen molar-refractivity contribution in [2.24, 2.45) is 0 Å². The first-order valence-electron chi connectivity index (χ1n) is 5.76. The molecule has 0 fully saturated rings. The van der Waals surface area contributed by atoms with Gasteiger partial charge in [-0.15, -0.1) is 0 Å². The largest absolute Gasteiger partial charge is 0.357 e. The number of nitrogens with one attached hydrogen (secondary N) is 3. The van der Waals surface area contributed by atoms with E-state index in [0.717, 1.165) is 16.5 Å². The lowest BCUT2D eigenvalue weighted by Crippen LogP contribution is -2.31. The minimum absolute atomic E-state index is 0.168. The van der Waals surface area contributed by atoms with Crippen LogP contribution >= 0.6 is 0 Å². The number of hydrogen-bond donors (Lipinski definition) is 3. The molecule has 5 nitrogen and oxygen atoms in total. The molecule has 5 heteroatoms. The molecule has 94 valence electrons. The third-order valence-corrected chi connectivity index (χ3v) is 2.76. The maximum atomic E-state index is 11.8. The van der Waals surface area contributed by atoms with E-state index in [4.69, 9.17) is 0 Å². The van der Waals surface area contributed by atoms with Gasteiger partial charge in [-0.2, -0.15) is 0 Å². The molecule has 2 rings (SSSR count). The van der Waals surface area contributed by atoms with Crippen molar-refractivity contribution in [3.8, 4) is 0 Å². The highest BCUT2D eigenvalue weighted by Gasteiger charge is 2.09. The molecule has 0 saturated carbocycles. The molecule has 0 radical (unpaired) electrons. The number of H-pyrrole nitrogens is 1. The van der Waals surface area contributed by atoms with Gasteiger partial charge in [-0.3, -0.25) is 9.59 Å². The molecule has 0 atom stereocenters. The molecule has 0 saturated heterocycles. The summed E-state index contributed by atoms with van der Waals surface area (Å²) >= 11 is 0. The van der Waals surface area contributed by atoms with E-state index in [1.54, 1.807) is 0 Å². The van der Waals surface area contributed by atoms with E-state index in [9.17, 15) is 9.59 Å². The van der Waals surface area contributed by atoms with Crippen LogP contribution in [0.5, 0.6) is 0 Å². The van der Waals surface area contributed by atoms with Crippen molar-refractivity contribution in [2.75, 3.05) is 13.1 Å². The van der Waals surface area contributed by atoms with Crippen molar-refractivity contribution < 1.29 is 9.59 Å². The topological polar surface area (TPSA) is 74.0 Å². The minimum Gasteiger partial charge on any atom is -0.357 e. The third-order valence-electron chi connectivity index (χ3n) is 2.76. The molecular formula is C13H15N3O2. The highest BCUT2D eigenvalue weighted by molar-refractivity contribution is 5.98. The number of hydrogen-bond acceptors (Lipinski definition) is 2. The lowest BCUT2D eigenvalue weighted by atomic mass is 10.1. The summed E-state index contributed by atoms with van der Waals surface area (Å²) in [6.07, 6.45) is 0.610. The fourth-order valence-corrected chi connectivity index (χ4v) is 1.83. The monoisotopic (exact) mass is 245 g/mol. The first-order valence-corrected chi connectivity index (χ1v) is 5.76. The number of aromatic nitrogens is 1. The van der Waals surface area contributed by atoms with Crippen LogP contribution in [-0.2, 0) is 4.79 Å². The molecule has 0 aliphatic rings. The number of amides is 2. The molecular weight excluding hydrogens is 230 g/mol. The maximum absolute atomic E-state index is 11.8. The first kappa shape index (κ1) is 12.2. The number of rotatable bonds is 5. The van der Waals surface area contributed by atoms with Gasteiger partial charge in [0.2, 0.25) is 6.41 Å². The summed E-state index contributed by atoms with van der Waals surface area (Å²) in [6, 6.07) is 7.73. The summed E-state index contributed by atoms with van der Waals surface area (Å²) in [7, 11) is 0. The Morgan fingerprint density at radius 1 is 1.39 bits per heavy atom. The lowest BCUT2D eigenvalue weighted by molar-refractivity contribution is -0.109. The van der Waals surface area contributed by atoms with Crippen molar-refractivity contribution >= 4 is 23.2 Å². The highest BCUT2D eigenvalue weighted by atomic mass is 16.2. The fourth-order valence-electron chi connectivity index (χ4n) is 1.83. The van der Waals surface area contributed by atoms with Crippen LogP contribution in [0, 0.1) is 6.92 Å². The van der Waals surface area contributed by atoms with Crippen molar-refractivity contribution in [2.45, 2.75) is 6.92 Å². The van der Waals surface area contributed by atoms with Gasteiger partial charge in [-0.25, -0.2) is 0 Å². The molecule has 0 aliphatic heterocycles. The summed E-state index contributed by atoms with van der Waals surface area (Å²) < 4.78 is 0. The smallest absolute Gasteiger partial charge is 0.267 e. The molecule has 1 aromatic heterocycles. The SMILES string of the molecule is Cc1cccc2[nH]c(C(=O)NCCNC=O)cc12. The van der Waals surface area contributed by atoms with Crippen molar-refractivity contribution in [3.05, 3.63) is 35.5 Å². The van der Waals surface area contributed by atoms with E-state index in [0.29, 0.717) is 25.2 Å². The second kappa shape index (κ2) is 5.35. The van der Waals surface area contributed by atoms with Gasteiger partial charge in [0.25, 0.3) is 5.91 Å². The lowest BCUT2D eigenvalue weighted by Gasteiger charge is -2.02. The van der Waals surface area contributed by atoms with Gasteiger partial charge in [0, 0.05) is 24.0 Å². The summed E-state index contributed by atoms with van der Waals surface area (Å²) in [5.74, 6) is -0.168. The van der Waals surface area contributed by atoms with Gasteiger partial charge in [0.05, 0.1) is 0 Å². The van der Waals surface area contributed by atoms with E-state index in [1.807, 2.05) is 31.2 Å². The summed E-state index contributed by atoms with van der Waals surface area (Å²) in [5, 5.41) is 6.26. The zero-order valence-corrected chi connectivity index (χ0v) is 10.1. The highest BCUT2D eigenvalue weighted by Crippen LogP contribution is 2.18. The Kier molecular flexibility index (Phi) is 3.62. The second-order valence-corrected chi connectivity index (χ2v) is 4.05. The van der Waals surface area contributed by atoms with E-state index in [2.05, 4.69) is 15.6 Å². The van der Waals surface area contributed by atoms with E-state index >= 15 is 0 Å². The Labute approximate surface area is 105 Å². The molecule has 1 heterocycles. The second-order valence-electron chi connectivity index (χ2n) is 4.05. The van der Waals surface area contributed by atoms with E-state index in [1.165, 1.54) is 0 Å². The minimum atomic E-state index is -0.168. The average Bonchev–Trinajstić information content (AvgIpc) is 2.80. The standard InChI is InChI=1S/C13H15N3O2/c1-9-3-2-4-11-10(9)7-12(16-11)13(18)15-6-5-14-8-17/h2-4,7-8,16H,5-6H2,1H3,(H,14,17)(H,15,18). The van der Waals surface area contributed by atoms with Gasteiger partial charge in [0.1, 0.15) is 5.69 Å². The Morgan fingerprint density at radius 2 is 2.22 bits per heavy atom. The first-order chi connectivity index (χ1) is 8.72. The van der Waals surface area contributed by atoms with Crippen LogP contribution in [0.4, 0.5) is 0 Å². The Bertz CT molecular complexity index is 575. The number of benzene rings is 1. The molecule has 0 spiro atoms. The van der Waals surface area contributed by atoms with Crippen LogP contribution in [0.2, 0.25) is 0 Å². The van der Waals surface area contributed by atoms with Gasteiger partial charge < -0.3 is 15.6 Å². The summed E-state index contributed by atoms with van der Waals surface area (Å²) in [4.78, 5) is 24.9. The normalized spacial score (nSPS) is 10.3. The Balaban J connectivity index is 2.09. The van der Waals surface area contributed by atoms with Crippen LogP contribution < -0.4 is 10.6 Å². The number of carbonyl (C=O) groups excluding carboxylic acids is 2. The van der Waals surface area contributed by atoms with E-state index in [-0.39, 0.29) is 5.91 Å². The molecule has 0 aliphatic carbocycles. The fraction of sp³-hybridized carbons (Fsp3) is 0.231. The predicted molar refractivity (Wildman–Crippen MR) is 69.4 cm³/mol. The molecule has 18 heavy (non-hydrogen) atoms. The molecule has 2 amide bonds. The molecule has 3 N–H and O–H groups in total. The van der Waals surface area contributed by atoms with Crippen LogP contribution in [0.3, 0.4) is 0 Å². The Hall–Kier alpha value is -2.30.